The number of hydrogen-bond acceptors (Lipinski definition) is 5. The van der Waals surface area contributed by atoms with Crippen LogP contribution in [0.25, 0.3) is 0 Å². The molecule has 1 unspecified atom stereocenters. The normalized spacial score (nSPS) is 17.8. The second-order valence-corrected chi connectivity index (χ2v) is 10.6. The first-order valence-electron chi connectivity index (χ1n) is 14.2. The molecule has 0 spiro atoms. The predicted molar refractivity (Wildman–Crippen MR) is 160 cm³/mol. The average Bonchev–Trinajstić information content (AvgIpc) is 3.53. The van der Waals surface area contributed by atoms with Gasteiger partial charge in [-0.15, -0.1) is 0 Å². The van der Waals surface area contributed by atoms with Crippen LogP contribution in [-0.2, 0) is 5.41 Å². The molecule has 1 fully saturated rings. The third-order valence-electron chi connectivity index (χ3n) is 8.25. The average molecular weight is 516 g/mol. The smallest absolute Gasteiger partial charge is 0.227 e. The van der Waals surface area contributed by atoms with Gasteiger partial charge in [-0.2, -0.15) is 4.98 Å². The first-order chi connectivity index (χ1) is 19.3. The summed E-state index contributed by atoms with van der Waals surface area (Å²) in [5.74, 6) is 1.74. The Morgan fingerprint density at radius 1 is 0.744 bits per heavy atom. The van der Waals surface area contributed by atoms with Crippen molar-refractivity contribution in [2.45, 2.75) is 30.7 Å². The van der Waals surface area contributed by atoms with Crippen LogP contribution in [0, 0.1) is 0 Å². The first kappa shape index (κ1) is 25.3. The number of nitrogens with zero attached hydrogens (tertiary/aromatic N) is 4. The summed E-state index contributed by atoms with van der Waals surface area (Å²) in [7, 11) is 0. The number of allylic oxidation sites excluding steroid dienone is 1. The first-order valence-corrected chi connectivity index (χ1v) is 14.2. The highest BCUT2D eigenvalue weighted by Crippen LogP contribution is 2.42. The van der Waals surface area contributed by atoms with E-state index in [1.54, 1.807) is 0 Å². The van der Waals surface area contributed by atoms with E-state index in [4.69, 9.17) is 4.98 Å². The number of aromatic nitrogens is 2. The van der Waals surface area contributed by atoms with Crippen LogP contribution in [0.15, 0.2) is 115 Å². The van der Waals surface area contributed by atoms with Crippen LogP contribution >= 0.6 is 0 Å². The van der Waals surface area contributed by atoms with E-state index in [1.165, 1.54) is 16.7 Å². The van der Waals surface area contributed by atoms with Gasteiger partial charge < -0.3 is 10.2 Å². The van der Waals surface area contributed by atoms with E-state index in [9.17, 15) is 0 Å². The molecule has 1 atom stereocenters. The van der Waals surface area contributed by atoms with E-state index in [1.807, 2.05) is 12.3 Å². The van der Waals surface area contributed by atoms with Crippen LogP contribution in [0.1, 0.15) is 36.0 Å². The predicted octanol–water partition coefficient (Wildman–Crippen LogP) is 6.15. The molecule has 3 aromatic carbocycles. The van der Waals surface area contributed by atoms with Crippen LogP contribution in [0.3, 0.4) is 0 Å². The second kappa shape index (κ2) is 11.8. The van der Waals surface area contributed by atoms with Crippen molar-refractivity contribution in [3.8, 4) is 0 Å². The minimum atomic E-state index is -0.210. The number of hydrogen-bond donors (Lipinski definition) is 1. The van der Waals surface area contributed by atoms with Crippen LogP contribution in [0.5, 0.6) is 0 Å². The van der Waals surface area contributed by atoms with Gasteiger partial charge in [-0.05, 0) is 48.6 Å². The fourth-order valence-electron chi connectivity index (χ4n) is 6.12. The lowest BCUT2D eigenvalue weighted by atomic mass is 9.67. The van der Waals surface area contributed by atoms with Crippen molar-refractivity contribution < 1.29 is 0 Å². The summed E-state index contributed by atoms with van der Waals surface area (Å²) >= 11 is 0. The zero-order valence-corrected chi connectivity index (χ0v) is 22.5. The highest BCUT2D eigenvalue weighted by Gasteiger charge is 2.36. The maximum absolute atomic E-state index is 4.84. The molecule has 1 N–H and O–H groups in total. The Hall–Kier alpha value is -3.96. The summed E-state index contributed by atoms with van der Waals surface area (Å²) in [6.45, 7) is 4.88. The molecule has 1 aromatic heterocycles. The molecule has 0 saturated carbocycles. The maximum Gasteiger partial charge on any atom is 0.227 e. The van der Waals surface area contributed by atoms with Gasteiger partial charge in [0.1, 0.15) is 5.82 Å². The molecule has 5 heteroatoms. The molecule has 1 aliphatic heterocycles. The lowest BCUT2D eigenvalue weighted by Gasteiger charge is -2.40. The number of nitrogens with one attached hydrogen (secondary N) is 1. The zero-order chi connectivity index (χ0) is 26.3. The Labute approximate surface area is 232 Å². The maximum atomic E-state index is 4.84. The van der Waals surface area contributed by atoms with Crippen LogP contribution in [-0.4, -0.2) is 53.6 Å². The molecule has 1 saturated heterocycles. The lowest BCUT2D eigenvalue weighted by molar-refractivity contribution is 0.241. The third-order valence-corrected chi connectivity index (χ3v) is 8.25. The largest absolute Gasteiger partial charge is 0.364 e. The Morgan fingerprint density at radius 3 is 1.87 bits per heavy atom. The van der Waals surface area contributed by atoms with Crippen molar-refractivity contribution in [1.29, 1.82) is 0 Å². The SMILES string of the molecule is C1=CC(Nc2ccnc(N3CCN(CCC(c4ccccc4)(c4ccccc4)c4ccccc4)CC3)n2)CC1. The van der Waals surface area contributed by atoms with E-state index in [2.05, 4.69) is 123 Å². The summed E-state index contributed by atoms with van der Waals surface area (Å²) < 4.78 is 0. The Bertz CT molecular complexity index is 1250. The quantitative estimate of drug-likeness (QED) is 0.214. The summed E-state index contributed by atoms with van der Waals surface area (Å²) in [5.41, 5.74) is 3.82. The highest BCUT2D eigenvalue weighted by molar-refractivity contribution is 5.50. The fraction of sp³-hybridized carbons (Fsp3) is 0.294. The summed E-state index contributed by atoms with van der Waals surface area (Å²) in [6, 6.07) is 35.4. The molecule has 198 valence electrons. The number of rotatable bonds is 9. The summed E-state index contributed by atoms with van der Waals surface area (Å²) in [5, 5.41) is 3.54. The van der Waals surface area contributed by atoms with Crippen molar-refractivity contribution in [1.82, 2.24) is 14.9 Å². The van der Waals surface area contributed by atoms with Crippen molar-refractivity contribution in [2.24, 2.45) is 0 Å². The van der Waals surface area contributed by atoms with Crippen LogP contribution in [0.4, 0.5) is 11.8 Å². The van der Waals surface area contributed by atoms with Crippen molar-refractivity contribution >= 4 is 11.8 Å². The van der Waals surface area contributed by atoms with Gasteiger partial charge in [-0.3, -0.25) is 4.90 Å². The molecule has 5 nitrogen and oxygen atoms in total. The van der Waals surface area contributed by atoms with E-state index < -0.39 is 0 Å². The van der Waals surface area contributed by atoms with Gasteiger partial charge >= 0.3 is 0 Å². The van der Waals surface area contributed by atoms with Crippen LogP contribution in [0.2, 0.25) is 0 Å². The molecule has 0 amide bonds. The molecule has 2 heterocycles. The second-order valence-electron chi connectivity index (χ2n) is 10.6. The molecular weight excluding hydrogens is 478 g/mol. The van der Waals surface area contributed by atoms with Gasteiger partial charge in [0.05, 0.1) is 0 Å². The minimum absolute atomic E-state index is 0.210. The molecule has 4 aromatic rings. The molecule has 1 aliphatic carbocycles. The Morgan fingerprint density at radius 2 is 1.33 bits per heavy atom. The van der Waals surface area contributed by atoms with Crippen molar-refractivity contribution in [3.63, 3.8) is 0 Å². The van der Waals surface area contributed by atoms with E-state index in [-0.39, 0.29) is 5.41 Å². The molecule has 0 bridgehead atoms. The highest BCUT2D eigenvalue weighted by atomic mass is 15.3. The van der Waals surface area contributed by atoms with Gasteiger partial charge in [0.15, 0.2) is 0 Å². The topological polar surface area (TPSA) is 44.3 Å². The molecule has 0 radical (unpaired) electrons. The van der Waals surface area contributed by atoms with Crippen LogP contribution < -0.4 is 10.2 Å². The Balaban J connectivity index is 1.18. The molecule has 2 aliphatic rings. The van der Waals surface area contributed by atoms with Gasteiger partial charge in [-0.1, -0.05) is 103 Å². The Kier molecular flexibility index (Phi) is 7.68. The molecule has 6 rings (SSSR count). The van der Waals surface area contributed by atoms with Gasteiger partial charge in [0, 0.05) is 43.8 Å². The summed E-state index contributed by atoms with van der Waals surface area (Å²) in [6.07, 6.45) is 9.63. The molecular formula is C34H37N5. The van der Waals surface area contributed by atoms with Crippen molar-refractivity contribution in [3.05, 3.63) is 132 Å². The lowest BCUT2D eigenvalue weighted by Crippen LogP contribution is -2.48. The minimum Gasteiger partial charge on any atom is -0.364 e. The number of piperazine rings is 1. The van der Waals surface area contributed by atoms with Gasteiger partial charge in [0.25, 0.3) is 0 Å². The number of anilines is 2. The van der Waals surface area contributed by atoms with Gasteiger partial charge in [-0.25, -0.2) is 4.98 Å². The number of benzene rings is 3. The van der Waals surface area contributed by atoms with E-state index >= 15 is 0 Å². The van der Waals surface area contributed by atoms with Crippen molar-refractivity contribution in [2.75, 3.05) is 42.9 Å². The molecule has 39 heavy (non-hydrogen) atoms. The third kappa shape index (κ3) is 5.59. The zero-order valence-electron chi connectivity index (χ0n) is 22.5. The summed E-state index contributed by atoms with van der Waals surface area (Å²) in [4.78, 5) is 14.4. The standard InChI is InChI=1S/C34H37N5/c1-4-12-28(13-5-1)34(29-14-6-2-7-15-29,30-16-8-3-9-17-30)21-23-38-24-26-39(27-25-38)33-35-22-20-32(37-33)36-31-18-10-11-19-31/h1-10,12-18,20,22,31H,11,19,21,23-27H2,(H,35,36,37). The van der Waals surface area contributed by atoms with E-state index in [0.29, 0.717) is 6.04 Å². The fourth-order valence-corrected chi connectivity index (χ4v) is 6.12. The van der Waals surface area contributed by atoms with Gasteiger partial charge in [0.2, 0.25) is 5.95 Å². The monoisotopic (exact) mass is 515 g/mol. The van der Waals surface area contributed by atoms with E-state index in [0.717, 1.165) is 63.8 Å².